The lowest BCUT2D eigenvalue weighted by atomic mass is 9.95. The van der Waals surface area contributed by atoms with Gasteiger partial charge in [-0.1, -0.05) is 30.7 Å². The molecule has 0 amide bonds. The molecule has 0 bridgehead atoms. The average molecular weight is 366 g/mol. The molecule has 1 nitrogen and oxygen atoms in total. The maximum absolute atomic E-state index is 3.72. The van der Waals surface area contributed by atoms with E-state index in [1.54, 1.807) is 0 Å². The first-order valence-corrected chi connectivity index (χ1v) is 9.17. The van der Waals surface area contributed by atoms with E-state index in [4.69, 9.17) is 0 Å². The van der Waals surface area contributed by atoms with Crippen LogP contribution >= 0.6 is 27.3 Å². The Kier molecular flexibility index (Phi) is 6.03. The van der Waals surface area contributed by atoms with Crippen molar-refractivity contribution in [2.75, 3.05) is 6.54 Å². The Morgan fingerprint density at radius 3 is 2.57 bits per heavy atom. The van der Waals surface area contributed by atoms with Crippen LogP contribution in [0, 0.1) is 20.8 Å². The van der Waals surface area contributed by atoms with E-state index in [2.05, 4.69) is 73.2 Å². The highest BCUT2D eigenvalue weighted by Gasteiger charge is 2.17. The van der Waals surface area contributed by atoms with Crippen molar-refractivity contribution in [1.29, 1.82) is 0 Å². The number of thiophene rings is 1. The second-order valence-electron chi connectivity index (χ2n) is 5.70. The van der Waals surface area contributed by atoms with Crippen LogP contribution in [0.3, 0.4) is 0 Å². The number of rotatable bonds is 6. The molecule has 21 heavy (non-hydrogen) atoms. The maximum Gasteiger partial charge on any atom is 0.0704 e. The molecular formula is C18H24BrNS. The van der Waals surface area contributed by atoms with Gasteiger partial charge >= 0.3 is 0 Å². The van der Waals surface area contributed by atoms with Crippen molar-refractivity contribution >= 4 is 27.3 Å². The maximum atomic E-state index is 3.72. The molecule has 0 aliphatic heterocycles. The number of nitrogens with one attached hydrogen (secondary N) is 1. The van der Waals surface area contributed by atoms with Gasteiger partial charge < -0.3 is 5.32 Å². The zero-order valence-electron chi connectivity index (χ0n) is 13.3. The fourth-order valence-electron chi connectivity index (χ4n) is 2.66. The lowest BCUT2D eigenvalue weighted by Crippen LogP contribution is -2.24. The first-order chi connectivity index (χ1) is 10.0. The second-order valence-corrected chi connectivity index (χ2v) is 8.34. The van der Waals surface area contributed by atoms with Crippen LogP contribution < -0.4 is 5.32 Å². The van der Waals surface area contributed by atoms with Gasteiger partial charge in [0.05, 0.1) is 3.79 Å². The molecule has 114 valence electrons. The summed E-state index contributed by atoms with van der Waals surface area (Å²) in [4.78, 5) is 1.40. The molecule has 1 N–H and O–H groups in total. The first kappa shape index (κ1) is 16.7. The van der Waals surface area contributed by atoms with Crippen LogP contribution in [0.4, 0.5) is 0 Å². The largest absolute Gasteiger partial charge is 0.310 e. The van der Waals surface area contributed by atoms with E-state index in [0.29, 0.717) is 6.04 Å². The molecule has 1 unspecified atom stereocenters. The third-order valence-corrected chi connectivity index (χ3v) is 5.44. The Labute approximate surface area is 140 Å². The lowest BCUT2D eigenvalue weighted by Gasteiger charge is -2.20. The Bertz CT molecular complexity index is 603. The van der Waals surface area contributed by atoms with E-state index in [0.717, 1.165) is 19.4 Å². The van der Waals surface area contributed by atoms with Gasteiger partial charge in [-0.2, -0.15) is 0 Å². The predicted octanol–water partition coefficient (Wildman–Crippen LogP) is 5.72. The van der Waals surface area contributed by atoms with Gasteiger partial charge in [-0.25, -0.2) is 0 Å². The predicted molar refractivity (Wildman–Crippen MR) is 97.4 cm³/mol. The van der Waals surface area contributed by atoms with Crippen LogP contribution in [0.25, 0.3) is 0 Å². The van der Waals surface area contributed by atoms with E-state index in [1.807, 2.05) is 11.3 Å². The van der Waals surface area contributed by atoms with Crippen molar-refractivity contribution in [3.8, 4) is 0 Å². The molecule has 0 aliphatic rings. The Morgan fingerprint density at radius 2 is 1.95 bits per heavy atom. The Hall–Kier alpha value is -0.640. The molecule has 3 heteroatoms. The smallest absolute Gasteiger partial charge is 0.0704 e. The van der Waals surface area contributed by atoms with Gasteiger partial charge in [0.25, 0.3) is 0 Å². The van der Waals surface area contributed by atoms with E-state index in [-0.39, 0.29) is 0 Å². The first-order valence-electron chi connectivity index (χ1n) is 7.56. The molecule has 2 aromatic rings. The van der Waals surface area contributed by atoms with E-state index < -0.39 is 0 Å². The summed E-state index contributed by atoms with van der Waals surface area (Å²) in [5.41, 5.74) is 5.61. The van der Waals surface area contributed by atoms with Gasteiger partial charge in [-0.05, 0) is 78.8 Å². The number of aryl methyl sites for hydroxylation is 3. The van der Waals surface area contributed by atoms with Gasteiger partial charge in [0, 0.05) is 10.9 Å². The van der Waals surface area contributed by atoms with Crippen LogP contribution in [0.5, 0.6) is 0 Å². The van der Waals surface area contributed by atoms with E-state index >= 15 is 0 Å². The zero-order valence-corrected chi connectivity index (χ0v) is 15.7. The molecule has 0 saturated heterocycles. The molecule has 2 rings (SSSR count). The summed E-state index contributed by atoms with van der Waals surface area (Å²) in [6.07, 6.45) is 2.21. The molecule has 1 atom stereocenters. The molecule has 0 spiro atoms. The molecular weight excluding hydrogens is 342 g/mol. The second kappa shape index (κ2) is 7.57. The van der Waals surface area contributed by atoms with Crippen LogP contribution in [0.2, 0.25) is 0 Å². The molecule has 1 aromatic heterocycles. The molecule has 0 aliphatic carbocycles. The number of hydrogen-bond donors (Lipinski definition) is 1. The van der Waals surface area contributed by atoms with Crippen molar-refractivity contribution in [1.82, 2.24) is 5.32 Å². The SMILES string of the molecule is CCCNC(Cc1cc(C)ccc1C)c1cc(Br)sc1C. The van der Waals surface area contributed by atoms with Crippen molar-refractivity contribution < 1.29 is 0 Å². The standard InChI is InChI=1S/C18H24BrNS/c1-5-8-20-17(16-11-18(19)21-14(16)4)10-15-9-12(2)6-7-13(15)3/h6-7,9,11,17,20H,5,8,10H2,1-4H3. The number of hydrogen-bond acceptors (Lipinski definition) is 2. The van der Waals surface area contributed by atoms with Gasteiger partial charge in [-0.15, -0.1) is 11.3 Å². The minimum Gasteiger partial charge on any atom is -0.310 e. The number of halogens is 1. The average Bonchev–Trinajstić information content (AvgIpc) is 2.77. The van der Waals surface area contributed by atoms with Crippen LogP contribution in [0.1, 0.15) is 46.5 Å². The number of benzene rings is 1. The summed E-state index contributed by atoms with van der Waals surface area (Å²) in [5.74, 6) is 0. The van der Waals surface area contributed by atoms with Crippen molar-refractivity contribution in [3.63, 3.8) is 0 Å². The van der Waals surface area contributed by atoms with Gasteiger partial charge in [0.2, 0.25) is 0 Å². The van der Waals surface area contributed by atoms with Gasteiger partial charge in [0.1, 0.15) is 0 Å². The minimum atomic E-state index is 0.396. The summed E-state index contributed by atoms with van der Waals surface area (Å²) in [6, 6.07) is 9.43. The van der Waals surface area contributed by atoms with Crippen LogP contribution in [0.15, 0.2) is 28.1 Å². The van der Waals surface area contributed by atoms with Crippen LogP contribution in [-0.2, 0) is 6.42 Å². The molecule has 1 aromatic carbocycles. The summed E-state index contributed by atoms with van der Waals surface area (Å²) in [6.45, 7) is 9.88. The Balaban J connectivity index is 2.28. The summed E-state index contributed by atoms with van der Waals surface area (Å²) in [5, 5.41) is 3.72. The van der Waals surface area contributed by atoms with Crippen LogP contribution in [-0.4, -0.2) is 6.54 Å². The van der Waals surface area contributed by atoms with Crippen molar-refractivity contribution in [2.45, 2.75) is 46.6 Å². The summed E-state index contributed by atoms with van der Waals surface area (Å²) >= 11 is 5.45. The third kappa shape index (κ3) is 4.41. The monoisotopic (exact) mass is 365 g/mol. The van der Waals surface area contributed by atoms with Gasteiger partial charge in [0.15, 0.2) is 0 Å². The van der Waals surface area contributed by atoms with Crippen molar-refractivity contribution in [3.05, 3.63) is 55.2 Å². The topological polar surface area (TPSA) is 12.0 Å². The third-order valence-electron chi connectivity index (χ3n) is 3.87. The fraction of sp³-hybridized carbons (Fsp3) is 0.444. The highest BCUT2D eigenvalue weighted by Crippen LogP contribution is 2.32. The molecule has 0 saturated carbocycles. The zero-order chi connectivity index (χ0) is 15.4. The van der Waals surface area contributed by atoms with E-state index in [9.17, 15) is 0 Å². The molecule has 0 radical (unpaired) electrons. The minimum absolute atomic E-state index is 0.396. The molecule has 1 heterocycles. The van der Waals surface area contributed by atoms with E-state index in [1.165, 1.54) is 30.9 Å². The highest BCUT2D eigenvalue weighted by atomic mass is 79.9. The summed E-state index contributed by atoms with van der Waals surface area (Å²) < 4.78 is 1.22. The highest BCUT2D eigenvalue weighted by molar-refractivity contribution is 9.11. The summed E-state index contributed by atoms with van der Waals surface area (Å²) in [7, 11) is 0. The normalized spacial score (nSPS) is 12.6. The quantitative estimate of drug-likeness (QED) is 0.690. The Morgan fingerprint density at radius 1 is 1.19 bits per heavy atom. The van der Waals surface area contributed by atoms with Gasteiger partial charge in [-0.3, -0.25) is 0 Å². The van der Waals surface area contributed by atoms with Crippen molar-refractivity contribution in [2.24, 2.45) is 0 Å². The fourth-order valence-corrected chi connectivity index (χ4v) is 4.43. The lowest BCUT2D eigenvalue weighted by molar-refractivity contribution is 0.528. The molecule has 0 fully saturated rings.